The number of aromatic hydroxyl groups is 1. The predicted octanol–water partition coefficient (Wildman–Crippen LogP) is 2.35. The Labute approximate surface area is 86.9 Å². The summed E-state index contributed by atoms with van der Waals surface area (Å²) in [6.07, 6.45) is 1.75. The van der Waals surface area contributed by atoms with Gasteiger partial charge in [0, 0.05) is 0 Å². The van der Waals surface area contributed by atoms with Gasteiger partial charge in [0.25, 0.3) is 0 Å². The zero-order valence-corrected chi connectivity index (χ0v) is 9.26. The fourth-order valence-corrected chi connectivity index (χ4v) is 1.67. The molecule has 0 atom stereocenters. The van der Waals surface area contributed by atoms with Crippen LogP contribution < -0.4 is 5.73 Å². The molecule has 1 aromatic carbocycles. The van der Waals surface area contributed by atoms with Gasteiger partial charge >= 0.3 is 0 Å². The summed E-state index contributed by atoms with van der Waals surface area (Å²) in [5, 5.41) is 9.72. The fourth-order valence-electron chi connectivity index (χ4n) is 1.30. The number of benzene rings is 1. The third-order valence-electron chi connectivity index (χ3n) is 2.10. The third-order valence-corrected chi connectivity index (χ3v) is 2.74. The van der Waals surface area contributed by atoms with E-state index in [1.54, 1.807) is 0 Å². The van der Waals surface area contributed by atoms with E-state index in [0.29, 0.717) is 12.3 Å². The van der Waals surface area contributed by atoms with Gasteiger partial charge in [0.05, 0.1) is 4.47 Å². The molecule has 0 aliphatic carbocycles. The largest absolute Gasteiger partial charge is 0.506 e. The number of hydrogen-bond donors (Lipinski definition) is 2. The van der Waals surface area contributed by atoms with Gasteiger partial charge in [0.15, 0.2) is 0 Å². The molecular formula is C10H14BrNO. The highest BCUT2D eigenvalue weighted by atomic mass is 79.9. The van der Waals surface area contributed by atoms with E-state index < -0.39 is 0 Å². The minimum atomic E-state index is 0.355. The van der Waals surface area contributed by atoms with E-state index in [9.17, 15) is 5.11 Å². The van der Waals surface area contributed by atoms with Gasteiger partial charge in [-0.1, -0.05) is 6.07 Å². The normalized spacial score (nSPS) is 10.4. The van der Waals surface area contributed by atoms with Crippen molar-refractivity contribution in [3.05, 3.63) is 27.7 Å². The highest BCUT2D eigenvalue weighted by Crippen LogP contribution is 2.30. The van der Waals surface area contributed by atoms with Crippen LogP contribution in [0, 0.1) is 6.92 Å². The number of hydrogen-bond acceptors (Lipinski definition) is 2. The number of phenolic OH excluding ortho intramolecular Hbond substituents is 1. The Morgan fingerprint density at radius 3 is 2.77 bits per heavy atom. The molecule has 0 radical (unpaired) electrons. The lowest BCUT2D eigenvalue weighted by Gasteiger charge is -2.08. The molecule has 0 saturated heterocycles. The van der Waals surface area contributed by atoms with Crippen LogP contribution in [0.5, 0.6) is 5.75 Å². The van der Waals surface area contributed by atoms with Crippen LogP contribution in [0.1, 0.15) is 17.5 Å². The molecule has 0 saturated carbocycles. The lowest BCUT2D eigenvalue weighted by molar-refractivity contribution is 0.463. The third kappa shape index (κ3) is 2.45. The summed E-state index contributed by atoms with van der Waals surface area (Å²) >= 11 is 3.29. The lowest BCUT2D eigenvalue weighted by atomic mass is 10.0. The van der Waals surface area contributed by atoms with Crippen LogP contribution in [-0.4, -0.2) is 11.7 Å². The summed E-state index contributed by atoms with van der Waals surface area (Å²) < 4.78 is 0.755. The van der Waals surface area contributed by atoms with Gasteiger partial charge in [0.2, 0.25) is 0 Å². The van der Waals surface area contributed by atoms with Crippen molar-refractivity contribution in [2.24, 2.45) is 5.73 Å². The van der Waals surface area contributed by atoms with E-state index in [1.165, 1.54) is 0 Å². The van der Waals surface area contributed by atoms with Crippen LogP contribution >= 0.6 is 15.9 Å². The Balaban J connectivity index is 2.96. The van der Waals surface area contributed by atoms with Gasteiger partial charge < -0.3 is 10.8 Å². The predicted molar refractivity (Wildman–Crippen MR) is 57.9 cm³/mol. The van der Waals surface area contributed by atoms with Crippen molar-refractivity contribution < 1.29 is 5.11 Å². The van der Waals surface area contributed by atoms with Gasteiger partial charge in [-0.15, -0.1) is 0 Å². The van der Waals surface area contributed by atoms with Crippen molar-refractivity contribution >= 4 is 15.9 Å². The molecular weight excluding hydrogens is 230 g/mol. The van der Waals surface area contributed by atoms with Crippen LogP contribution in [0.2, 0.25) is 0 Å². The Bertz CT molecular complexity index is 299. The Morgan fingerprint density at radius 2 is 2.15 bits per heavy atom. The highest BCUT2D eigenvalue weighted by Gasteiger charge is 2.07. The SMILES string of the molecule is Cc1ccc(Br)c(O)c1CCCN. The summed E-state index contributed by atoms with van der Waals surface area (Å²) in [6.45, 7) is 2.66. The number of phenols is 1. The molecule has 3 heteroatoms. The first-order valence-corrected chi connectivity index (χ1v) is 5.13. The summed E-state index contributed by atoms with van der Waals surface area (Å²) in [4.78, 5) is 0. The molecule has 3 N–H and O–H groups in total. The van der Waals surface area contributed by atoms with Crippen molar-refractivity contribution in [1.29, 1.82) is 0 Å². The van der Waals surface area contributed by atoms with Crippen molar-refractivity contribution in [2.45, 2.75) is 19.8 Å². The van der Waals surface area contributed by atoms with E-state index >= 15 is 0 Å². The van der Waals surface area contributed by atoms with E-state index in [2.05, 4.69) is 15.9 Å². The molecule has 2 nitrogen and oxygen atoms in total. The molecule has 0 unspecified atom stereocenters. The lowest BCUT2D eigenvalue weighted by Crippen LogP contribution is -2.01. The Morgan fingerprint density at radius 1 is 1.46 bits per heavy atom. The summed E-state index contributed by atoms with van der Waals surface area (Å²) in [5.74, 6) is 0.355. The van der Waals surface area contributed by atoms with Gasteiger partial charge in [-0.3, -0.25) is 0 Å². The first-order valence-electron chi connectivity index (χ1n) is 4.34. The van der Waals surface area contributed by atoms with Crippen molar-refractivity contribution in [3.63, 3.8) is 0 Å². The average Bonchev–Trinajstić information content (AvgIpc) is 2.12. The number of nitrogens with two attached hydrogens (primary N) is 1. The molecule has 0 aromatic heterocycles. The van der Waals surface area contributed by atoms with E-state index in [0.717, 1.165) is 28.4 Å². The molecule has 72 valence electrons. The van der Waals surface area contributed by atoms with E-state index in [-0.39, 0.29) is 0 Å². The zero-order valence-electron chi connectivity index (χ0n) is 7.68. The average molecular weight is 244 g/mol. The Kier molecular flexibility index (Phi) is 3.75. The van der Waals surface area contributed by atoms with E-state index in [1.807, 2.05) is 19.1 Å². The molecule has 1 rings (SSSR count). The second-order valence-electron chi connectivity index (χ2n) is 3.08. The van der Waals surface area contributed by atoms with Gasteiger partial charge in [-0.2, -0.15) is 0 Å². The molecule has 0 bridgehead atoms. The minimum absolute atomic E-state index is 0.355. The molecule has 13 heavy (non-hydrogen) atoms. The van der Waals surface area contributed by atoms with E-state index in [4.69, 9.17) is 5.73 Å². The highest BCUT2D eigenvalue weighted by molar-refractivity contribution is 9.10. The first kappa shape index (κ1) is 10.5. The second-order valence-corrected chi connectivity index (χ2v) is 3.94. The van der Waals surface area contributed by atoms with Crippen LogP contribution in [0.4, 0.5) is 0 Å². The van der Waals surface area contributed by atoms with Crippen molar-refractivity contribution in [2.75, 3.05) is 6.54 Å². The topological polar surface area (TPSA) is 46.2 Å². The standard InChI is InChI=1S/C10H14BrNO/c1-7-4-5-9(11)10(13)8(7)3-2-6-12/h4-5,13H,2-3,6,12H2,1H3. The molecule has 0 spiro atoms. The summed E-state index contributed by atoms with van der Waals surface area (Å²) in [5.41, 5.74) is 7.54. The van der Waals surface area contributed by atoms with Crippen molar-refractivity contribution in [3.8, 4) is 5.75 Å². The second kappa shape index (κ2) is 4.63. The van der Waals surface area contributed by atoms with Crippen LogP contribution in [-0.2, 0) is 6.42 Å². The number of rotatable bonds is 3. The molecule has 0 heterocycles. The molecule has 0 fully saturated rings. The minimum Gasteiger partial charge on any atom is -0.506 e. The van der Waals surface area contributed by atoms with Crippen LogP contribution in [0.25, 0.3) is 0 Å². The zero-order chi connectivity index (χ0) is 9.84. The van der Waals surface area contributed by atoms with Gasteiger partial charge in [-0.25, -0.2) is 0 Å². The fraction of sp³-hybridized carbons (Fsp3) is 0.400. The van der Waals surface area contributed by atoms with Crippen LogP contribution in [0.15, 0.2) is 16.6 Å². The van der Waals surface area contributed by atoms with Gasteiger partial charge in [-0.05, 0) is 59.4 Å². The maximum atomic E-state index is 9.72. The van der Waals surface area contributed by atoms with Crippen molar-refractivity contribution in [1.82, 2.24) is 0 Å². The molecule has 0 aliphatic heterocycles. The Hall–Kier alpha value is -0.540. The summed E-state index contributed by atoms with van der Waals surface area (Å²) in [7, 11) is 0. The molecule has 0 aliphatic rings. The maximum absolute atomic E-state index is 9.72. The smallest absolute Gasteiger partial charge is 0.133 e. The number of aryl methyl sites for hydroxylation is 1. The first-order chi connectivity index (χ1) is 6.16. The number of halogens is 1. The summed E-state index contributed by atoms with van der Waals surface area (Å²) in [6, 6.07) is 3.85. The van der Waals surface area contributed by atoms with Crippen LogP contribution in [0.3, 0.4) is 0 Å². The molecule has 0 amide bonds. The maximum Gasteiger partial charge on any atom is 0.133 e. The molecule has 1 aromatic rings. The van der Waals surface area contributed by atoms with Gasteiger partial charge in [0.1, 0.15) is 5.75 Å². The monoisotopic (exact) mass is 243 g/mol. The quantitative estimate of drug-likeness (QED) is 0.857.